The van der Waals surface area contributed by atoms with Crippen LogP contribution in [0.2, 0.25) is 0 Å². The minimum Gasteiger partial charge on any atom is -0.340 e. The van der Waals surface area contributed by atoms with E-state index >= 15 is 0 Å². The van der Waals surface area contributed by atoms with Crippen LogP contribution >= 0.6 is 0 Å². The number of anilines is 2. The van der Waals surface area contributed by atoms with Crippen LogP contribution in [0.15, 0.2) is 36.5 Å². The largest absolute Gasteiger partial charge is 0.340 e. The maximum Gasteiger partial charge on any atom is 0.229 e. The van der Waals surface area contributed by atoms with Crippen LogP contribution in [0.4, 0.5) is 11.6 Å². The molecule has 6 nitrogen and oxygen atoms in total. The van der Waals surface area contributed by atoms with Crippen molar-refractivity contribution in [3.8, 4) is 0 Å². The minimum atomic E-state index is -0.126. The smallest absolute Gasteiger partial charge is 0.229 e. The minimum absolute atomic E-state index is 0.0171. The molecule has 1 N–H and O–H groups in total. The first-order valence-electron chi connectivity index (χ1n) is 8.49. The van der Waals surface area contributed by atoms with Gasteiger partial charge in [0.2, 0.25) is 11.9 Å². The van der Waals surface area contributed by atoms with Crippen LogP contribution in [-0.4, -0.2) is 34.7 Å². The molecule has 0 spiro atoms. The number of aryl methyl sites for hydroxylation is 1. The molecule has 1 saturated heterocycles. The lowest BCUT2D eigenvalue weighted by Gasteiger charge is -2.32. The molecule has 1 aromatic carbocycles. The second-order valence-corrected chi connectivity index (χ2v) is 6.41. The van der Waals surface area contributed by atoms with Crippen LogP contribution in [-0.2, 0) is 4.79 Å². The van der Waals surface area contributed by atoms with E-state index in [1.54, 1.807) is 30.5 Å². The number of carbonyl (C=O) groups excluding carboxylic acids is 2. The van der Waals surface area contributed by atoms with Crippen LogP contribution in [0.5, 0.6) is 0 Å². The summed E-state index contributed by atoms with van der Waals surface area (Å²) < 4.78 is 0. The fourth-order valence-corrected chi connectivity index (χ4v) is 3.02. The van der Waals surface area contributed by atoms with E-state index in [2.05, 4.69) is 20.2 Å². The maximum atomic E-state index is 12.6. The lowest BCUT2D eigenvalue weighted by molar-refractivity contribution is -0.120. The highest BCUT2D eigenvalue weighted by Crippen LogP contribution is 2.22. The van der Waals surface area contributed by atoms with Crippen LogP contribution < -0.4 is 10.2 Å². The fraction of sp³-hybridized carbons (Fsp3) is 0.368. The Morgan fingerprint density at radius 2 is 2.12 bits per heavy atom. The zero-order valence-electron chi connectivity index (χ0n) is 14.5. The summed E-state index contributed by atoms with van der Waals surface area (Å²) >= 11 is 0. The van der Waals surface area contributed by atoms with E-state index in [4.69, 9.17) is 0 Å². The first-order valence-corrected chi connectivity index (χ1v) is 8.49. The fourth-order valence-electron chi connectivity index (χ4n) is 3.02. The summed E-state index contributed by atoms with van der Waals surface area (Å²) in [6.07, 6.45) is 3.50. The molecule has 2 heterocycles. The number of Topliss-reactive ketones (excluding diaryl/α,β-unsaturated/α-hetero) is 1. The number of nitrogens with one attached hydrogen (secondary N) is 1. The van der Waals surface area contributed by atoms with E-state index in [-0.39, 0.29) is 17.6 Å². The van der Waals surface area contributed by atoms with Gasteiger partial charge in [0, 0.05) is 36.2 Å². The van der Waals surface area contributed by atoms with Gasteiger partial charge in [-0.05, 0) is 44.9 Å². The lowest BCUT2D eigenvalue weighted by Crippen LogP contribution is -2.41. The molecule has 0 aliphatic carbocycles. The quantitative estimate of drug-likeness (QED) is 0.868. The van der Waals surface area contributed by atoms with Gasteiger partial charge >= 0.3 is 0 Å². The van der Waals surface area contributed by atoms with Crippen molar-refractivity contribution in [1.82, 2.24) is 9.97 Å². The summed E-state index contributed by atoms with van der Waals surface area (Å²) in [4.78, 5) is 34.9. The molecule has 1 amide bonds. The van der Waals surface area contributed by atoms with Crippen molar-refractivity contribution in [2.75, 3.05) is 23.3 Å². The number of amides is 1. The number of rotatable bonds is 4. The summed E-state index contributed by atoms with van der Waals surface area (Å²) in [7, 11) is 0. The molecule has 0 bridgehead atoms. The SMILES string of the molecule is CC(=O)c1cccc(NC(=O)C2CCCN(c3nccc(C)n3)C2)c1. The van der Waals surface area contributed by atoms with Crippen molar-refractivity contribution < 1.29 is 9.59 Å². The second kappa shape index (κ2) is 7.42. The normalized spacial score (nSPS) is 17.2. The monoisotopic (exact) mass is 338 g/mol. The molecule has 3 rings (SSSR count). The number of carbonyl (C=O) groups is 2. The third kappa shape index (κ3) is 4.21. The van der Waals surface area contributed by atoms with Crippen LogP contribution in [0.25, 0.3) is 0 Å². The molecule has 1 unspecified atom stereocenters. The number of nitrogens with zero attached hydrogens (tertiary/aromatic N) is 3. The van der Waals surface area contributed by atoms with Gasteiger partial charge in [-0.25, -0.2) is 9.97 Å². The Morgan fingerprint density at radius 1 is 1.28 bits per heavy atom. The van der Waals surface area contributed by atoms with Crippen LogP contribution in [0, 0.1) is 12.8 Å². The highest BCUT2D eigenvalue weighted by molar-refractivity contribution is 5.97. The molecule has 1 aliphatic rings. The Hall–Kier alpha value is -2.76. The Morgan fingerprint density at radius 3 is 2.88 bits per heavy atom. The third-order valence-corrected chi connectivity index (χ3v) is 4.39. The number of hydrogen-bond acceptors (Lipinski definition) is 5. The molecule has 0 radical (unpaired) electrons. The molecule has 2 aromatic rings. The first-order chi connectivity index (χ1) is 12.0. The highest BCUT2D eigenvalue weighted by atomic mass is 16.2. The first kappa shape index (κ1) is 17.1. The van der Waals surface area contributed by atoms with E-state index in [1.165, 1.54) is 6.92 Å². The van der Waals surface area contributed by atoms with Gasteiger partial charge in [0.05, 0.1) is 5.92 Å². The topological polar surface area (TPSA) is 75.2 Å². The Bertz CT molecular complexity index is 790. The summed E-state index contributed by atoms with van der Waals surface area (Å²) in [6.45, 7) is 4.90. The standard InChI is InChI=1S/C19H22N4O2/c1-13-8-9-20-19(21-13)23-10-4-6-16(12-23)18(25)22-17-7-3-5-15(11-17)14(2)24/h3,5,7-9,11,16H,4,6,10,12H2,1-2H3,(H,22,25). The lowest BCUT2D eigenvalue weighted by atomic mass is 9.97. The zero-order chi connectivity index (χ0) is 17.8. The van der Waals surface area contributed by atoms with Gasteiger partial charge in [-0.3, -0.25) is 9.59 Å². The van der Waals surface area contributed by atoms with Gasteiger partial charge in [-0.2, -0.15) is 0 Å². The third-order valence-electron chi connectivity index (χ3n) is 4.39. The van der Waals surface area contributed by atoms with Gasteiger partial charge in [0.15, 0.2) is 5.78 Å². The zero-order valence-corrected chi connectivity index (χ0v) is 14.5. The van der Waals surface area contributed by atoms with Gasteiger partial charge in [-0.15, -0.1) is 0 Å². The molecule has 6 heteroatoms. The molecule has 1 aromatic heterocycles. The van der Waals surface area contributed by atoms with Crippen molar-refractivity contribution in [3.05, 3.63) is 47.8 Å². The van der Waals surface area contributed by atoms with Crippen molar-refractivity contribution in [2.24, 2.45) is 5.92 Å². The summed E-state index contributed by atoms with van der Waals surface area (Å²) in [6, 6.07) is 8.90. The van der Waals surface area contributed by atoms with Crippen LogP contribution in [0.1, 0.15) is 35.8 Å². The van der Waals surface area contributed by atoms with E-state index in [0.29, 0.717) is 23.7 Å². The Labute approximate surface area is 147 Å². The van der Waals surface area contributed by atoms with Gasteiger partial charge < -0.3 is 10.2 Å². The summed E-state index contributed by atoms with van der Waals surface area (Å²) in [5, 5.41) is 2.93. The van der Waals surface area contributed by atoms with Gasteiger partial charge in [0.1, 0.15) is 0 Å². The molecule has 1 aliphatic heterocycles. The van der Waals surface area contributed by atoms with E-state index in [0.717, 1.165) is 25.1 Å². The van der Waals surface area contributed by atoms with Gasteiger partial charge in [-0.1, -0.05) is 12.1 Å². The average molecular weight is 338 g/mol. The molecular formula is C19H22N4O2. The molecule has 1 atom stereocenters. The van der Waals surface area contributed by atoms with E-state index in [1.807, 2.05) is 13.0 Å². The van der Waals surface area contributed by atoms with E-state index in [9.17, 15) is 9.59 Å². The summed E-state index contributed by atoms with van der Waals surface area (Å²) in [5.41, 5.74) is 2.16. The Balaban J connectivity index is 1.68. The molecule has 130 valence electrons. The highest BCUT2D eigenvalue weighted by Gasteiger charge is 2.27. The van der Waals surface area contributed by atoms with Crippen LogP contribution in [0.3, 0.4) is 0 Å². The van der Waals surface area contributed by atoms with Crippen molar-refractivity contribution in [2.45, 2.75) is 26.7 Å². The predicted octanol–water partition coefficient (Wildman–Crippen LogP) is 2.84. The van der Waals surface area contributed by atoms with E-state index < -0.39 is 0 Å². The Kier molecular flexibility index (Phi) is 5.07. The molecule has 1 fully saturated rings. The molecular weight excluding hydrogens is 316 g/mol. The number of piperidine rings is 1. The van der Waals surface area contributed by atoms with Crippen molar-refractivity contribution >= 4 is 23.3 Å². The molecule has 0 saturated carbocycles. The van der Waals surface area contributed by atoms with Gasteiger partial charge in [0.25, 0.3) is 0 Å². The predicted molar refractivity (Wildman–Crippen MR) is 96.8 cm³/mol. The second-order valence-electron chi connectivity index (χ2n) is 6.41. The number of aromatic nitrogens is 2. The number of hydrogen-bond donors (Lipinski definition) is 1. The molecule has 25 heavy (non-hydrogen) atoms. The summed E-state index contributed by atoms with van der Waals surface area (Å²) in [5.74, 6) is 0.504. The number of ketones is 1. The number of benzene rings is 1. The van der Waals surface area contributed by atoms with Crippen molar-refractivity contribution in [1.29, 1.82) is 0 Å². The van der Waals surface area contributed by atoms with Crippen molar-refractivity contribution in [3.63, 3.8) is 0 Å². The average Bonchev–Trinajstić information content (AvgIpc) is 2.62. The maximum absolute atomic E-state index is 12.6.